The number of ether oxygens (including phenoxy) is 1. The second-order valence-corrected chi connectivity index (χ2v) is 9.03. The molecule has 1 aliphatic rings. The Kier molecular flexibility index (Phi) is 9.36. The molecule has 28 heavy (non-hydrogen) atoms. The van der Waals surface area contributed by atoms with Crippen molar-refractivity contribution in [3.05, 3.63) is 29.3 Å². The molecule has 156 valence electrons. The molecule has 1 aliphatic heterocycles. The molecule has 1 atom stereocenters. The van der Waals surface area contributed by atoms with Crippen LogP contribution in [-0.2, 0) is 16.0 Å². The molecule has 4 nitrogen and oxygen atoms in total. The van der Waals surface area contributed by atoms with Crippen molar-refractivity contribution < 1.29 is 14.3 Å². The van der Waals surface area contributed by atoms with Gasteiger partial charge < -0.3 is 9.64 Å². The molecule has 1 amide bonds. The van der Waals surface area contributed by atoms with E-state index in [-0.39, 0.29) is 17.9 Å². The van der Waals surface area contributed by atoms with Gasteiger partial charge in [0.05, 0.1) is 13.0 Å². The summed E-state index contributed by atoms with van der Waals surface area (Å²) in [5.41, 5.74) is 1.94. The van der Waals surface area contributed by atoms with Crippen molar-refractivity contribution in [2.75, 3.05) is 18.9 Å². The van der Waals surface area contributed by atoms with E-state index in [4.69, 9.17) is 4.74 Å². The van der Waals surface area contributed by atoms with Crippen LogP contribution in [0.25, 0.3) is 0 Å². The monoisotopic (exact) mass is 405 g/mol. The first kappa shape index (κ1) is 22.8. The molecule has 5 heteroatoms. The SMILES string of the molecule is CCCCC(CC)COC(=O)CCSc1ccc2c(c1)CCN(C(C)C)C2=O. The number of carbonyl (C=O) groups is 2. The molecular formula is C23H35NO3S. The van der Waals surface area contributed by atoms with E-state index >= 15 is 0 Å². The van der Waals surface area contributed by atoms with Gasteiger partial charge in [0.25, 0.3) is 5.91 Å². The van der Waals surface area contributed by atoms with Crippen LogP contribution in [-0.4, -0.2) is 41.7 Å². The maximum atomic E-state index is 12.5. The largest absolute Gasteiger partial charge is 0.465 e. The van der Waals surface area contributed by atoms with E-state index in [1.165, 1.54) is 12.8 Å². The lowest BCUT2D eigenvalue weighted by Gasteiger charge is -2.32. The van der Waals surface area contributed by atoms with Crippen molar-refractivity contribution in [2.45, 2.75) is 77.2 Å². The molecule has 1 aromatic carbocycles. The lowest BCUT2D eigenvalue weighted by Crippen LogP contribution is -2.42. The zero-order chi connectivity index (χ0) is 20.5. The number of rotatable bonds is 11. The molecular weight excluding hydrogens is 370 g/mol. The van der Waals surface area contributed by atoms with Crippen molar-refractivity contribution in [2.24, 2.45) is 5.92 Å². The first-order chi connectivity index (χ1) is 13.5. The van der Waals surface area contributed by atoms with Crippen molar-refractivity contribution in [3.63, 3.8) is 0 Å². The first-order valence-electron chi connectivity index (χ1n) is 10.7. The maximum absolute atomic E-state index is 12.5. The van der Waals surface area contributed by atoms with Crippen LogP contribution >= 0.6 is 11.8 Å². The zero-order valence-corrected chi connectivity index (χ0v) is 18.6. The topological polar surface area (TPSA) is 46.6 Å². The van der Waals surface area contributed by atoms with Crippen LogP contribution in [0.3, 0.4) is 0 Å². The number of fused-ring (bicyclic) bond motifs is 1. The summed E-state index contributed by atoms with van der Waals surface area (Å²) in [7, 11) is 0. The van der Waals surface area contributed by atoms with Crippen molar-refractivity contribution in [1.29, 1.82) is 0 Å². The molecule has 0 bridgehead atoms. The van der Waals surface area contributed by atoms with Crippen molar-refractivity contribution in [1.82, 2.24) is 4.90 Å². The normalized spacial score (nSPS) is 14.9. The van der Waals surface area contributed by atoms with Gasteiger partial charge in [-0.3, -0.25) is 9.59 Å². The minimum absolute atomic E-state index is 0.108. The molecule has 0 saturated heterocycles. The van der Waals surface area contributed by atoms with Gasteiger partial charge in [0.1, 0.15) is 0 Å². The number of benzene rings is 1. The molecule has 0 spiro atoms. The van der Waals surface area contributed by atoms with Gasteiger partial charge in [-0.05, 0) is 56.4 Å². The molecule has 0 saturated carbocycles. The Labute approximate surface area is 174 Å². The number of nitrogens with zero attached hydrogens (tertiary/aromatic N) is 1. The summed E-state index contributed by atoms with van der Waals surface area (Å²) in [6.07, 6.45) is 5.89. The molecule has 0 aromatic heterocycles. The Morgan fingerprint density at radius 3 is 2.75 bits per heavy atom. The molecule has 1 aromatic rings. The summed E-state index contributed by atoms with van der Waals surface area (Å²) in [4.78, 5) is 27.6. The Balaban J connectivity index is 1.78. The summed E-state index contributed by atoms with van der Waals surface area (Å²) in [6.45, 7) is 9.78. The van der Waals surface area contributed by atoms with E-state index in [2.05, 4.69) is 33.8 Å². The summed E-state index contributed by atoms with van der Waals surface area (Å²) in [5.74, 6) is 1.21. The van der Waals surface area contributed by atoms with Crippen LogP contribution in [0.2, 0.25) is 0 Å². The quantitative estimate of drug-likeness (QED) is 0.368. The van der Waals surface area contributed by atoms with E-state index in [9.17, 15) is 9.59 Å². The average Bonchev–Trinajstić information content (AvgIpc) is 2.68. The maximum Gasteiger partial charge on any atom is 0.306 e. The van der Waals surface area contributed by atoms with E-state index in [0.717, 1.165) is 41.8 Å². The second-order valence-electron chi connectivity index (χ2n) is 7.86. The van der Waals surface area contributed by atoms with Crippen LogP contribution in [0.5, 0.6) is 0 Å². The highest BCUT2D eigenvalue weighted by Gasteiger charge is 2.26. The fourth-order valence-corrected chi connectivity index (χ4v) is 4.39. The first-order valence-corrected chi connectivity index (χ1v) is 11.7. The minimum Gasteiger partial charge on any atom is -0.465 e. The Morgan fingerprint density at radius 1 is 1.29 bits per heavy atom. The molecule has 1 heterocycles. The Bertz CT molecular complexity index is 659. The van der Waals surface area contributed by atoms with Gasteiger partial charge in [0.15, 0.2) is 0 Å². The Hall–Kier alpha value is -1.49. The third kappa shape index (κ3) is 6.54. The lowest BCUT2D eigenvalue weighted by molar-refractivity contribution is -0.144. The third-order valence-electron chi connectivity index (χ3n) is 5.41. The highest BCUT2D eigenvalue weighted by atomic mass is 32.2. The standard InChI is InChI=1S/C23H35NO3S/c1-5-7-8-18(6-2)16-27-22(25)12-14-28-20-9-10-21-19(15-20)11-13-24(17(3)4)23(21)26/h9-10,15,17-18H,5-8,11-14,16H2,1-4H3. The molecule has 0 aliphatic carbocycles. The van der Waals surface area contributed by atoms with E-state index < -0.39 is 0 Å². The number of thioether (sulfide) groups is 1. The van der Waals surface area contributed by atoms with Crippen molar-refractivity contribution >= 4 is 23.6 Å². The average molecular weight is 406 g/mol. The Morgan fingerprint density at radius 2 is 2.07 bits per heavy atom. The van der Waals surface area contributed by atoms with Gasteiger partial charge in [-0.1, -0.05) is 33.1 Å². The van der Waals surface area contributed by atoms with Crippen LogP contribution in [0.4, 0.5) is 0 Å². The smallest absolute Gasteiger partial charge is 0.306 e. The summed E-state index contributed by atoms with van der Waals surface area (Å²) in [6, 6.07) is 6.27. The van der Waals surface area contributed by atoms with E-state index in [1.54, 1.807) is 11.8 Å². The van der Waals surface area contributed by atoms with Gasteiger partial charge in [-0.15, -0.1) is 11.8 Å². The number of hydrogen-bond acceptors (Lipinski definition) is 4. The van der Waals surface area contributed by atoms with Crippen LogP contribution < -0.4 is 0 Å². The predicted octanol–water partition coefficient (Wildman–Crippen LogP) is 5.34. The minimum atomic E-state index is -0.108. The fourth-order valence-electron chi connectivity index (χ4n) is 3.50. The molecule has 1 unspecified atom stereocenters. The molecule has 2 rings (SSSR count). The number of unbranched alkanes of at least 4 members (excludes halogenated alkanes) is 1. The van der Waals surface area contributed by atoms with Gasteiger partial charge in [-0.2, -0.15) is 0 Å². The second kappa shape index (κ2) is 11.5. The van der Waals surface area contributed by atoms with Crippen LogP contribution in [0, 0.1) is 5.92 Å². The summed E-state index contributed by atoms with van der Waals surface area (Å²) >= 11 is 1.66. The molecule has 0 fully saturated rings. The van der Waals surface area contributed by atoms with E-state index in [1.807, 2.05) is 17.0 Å². The highest BCUT2D eigenvalue weighted by molar-refractivity contribution is 7.99. The zero-order valence-electron chi connectivity index (χ0n) is 17.8. The van der Waals surface area contributed by atoms with E-state index in [0.29, 0.717) is 24.7 Å². The highest BCUT2D eigenvalue weighted by Crippen LogP contribution is 2.27. The molecule has 0 N–H and O–H groups in total. The fraction of sp³-hybridized carbons (Fsp3) is 0.652. The van der Waals surface area contributed by atoms with Crippen molar-refractivity contribution in [3.8, 4) is 0 Å². The lowest BCUT2D eigenvalue weighted by atomic mass is 9.98. The summed E-state index contributed by atoms with van der Waals surface area (Å²) in [5, 5.41) is 0. The third-order valence-corrected chi connectivity index (χ3v) is 6.41. The van der Waals surface area contributed by atoms with Crippen LogP contribution in [0.1, 0.15) is 75.7 Å². The van der Waals surface area contributed by atoms with Gasteiger partial charge in [-0.25, -0.2) is 0 Å². The van der Waals surface area contributed by atoms with Gasteiger partial charge in [0, 0.05) is 28.8 Å². The van der Waals surface area contributed by atoms with Crippen LogP contribution in [0.15, 0.2) is 23.1 Å². The van der Waals surface area contributed by atoms with Gasteiger partial charge in [0.2, 0.25) is 0 Å². The number of carbonyl (C=O) groups excluding carboxylic acids is 2. The molecule has 0 radical (unpaired) electrons. The predicted molar refractivity (Wildman–Crippen MR) is 116 cm³/mol. The summed E-state index contributed by atoms with van der Waals surface area (Å²) < 4.78 is 5.47. The van der Waals surface area contributed by atoms with Gasteiger partial charge >= 0.3 is 5.97 Å². The number of amides is 1. The number of esters is 1. The number of hydrogen-bond donors (Lipinski definition) is 0.